The molecule has 1 atom stereocenters. The van der Waals surface area contributed by atoms with Crippen molar-refractivity contribution in [3.8, 4) is 29.1 Å². The van der Waals surface area contributed by atoms with Gasteiger partial charge in [0.1, 0.15) is 11.4 Å². The van der Waals surface area contributed by atoms with Crippen molar-refractivity contribution in [3.63, 3.8) is 0 Å². The number of pyridine rings is 1. The minimum atomic E-state index is -0.535. The quantitative estimate of drug-likeness (QED) is 0.553. The van der Waals surface area contributed by atoms with Crippen LogP contribution in [0.2, 0.25) is 0 Å². The lowest BCUT2D eigenvalue weighted by atomic mass is 9.75. The summed E-state index contributed by atoms with van der Waals surface area (Å²) in [4.78, 5) is 8.74. The summed E-state index contributed by atoms with van der Waals surface area (Å²) in [5, 5.41) is 18.6. The van der Waals surface area contributed by atoms with E-state index in [1.54, 1.807) is 6.07 Å². The van der Waals surface area contributed by atoms with Gasteiger partial charge in [-0.05, 0) is 60.7 Å². The number of ether oxygens (including phenoxy) is 1. The topological polar surface area (TPSA) is 82.1 Å². The van der Waals surface area contributed by atoms with Crippen LogP contribution >= 0.6 is 0 Å². The molecular weight excluding hydrogens is 372 g/mol. The maximum Gasteiger partial charge on any atom is 0.205 e. The highest BCUT2D eigenvalue weighted by molar-refractivity contribution is 6.06. The van der Waals surface area contributed by atoms with E-state index in [4.69, 9.17) is 4.74 Å². The molecule has 2 aliphatic rings. The first-order chi connectivity index (χ1) is 14.7. The first kappa shape index (κ1) is 18.1. The molecule has 0 amide bonds. The van der Waals surface area contributed by atoms with Gasteiger partial charge < -0.3 is 4.74 Å². The minimum absolute atomic E-state index is 0.535. The van der Waals surface area contributed by atoms with Gasteiger partial charge in [0, 0.05) is 29.4 Å². The Bertz CT molecular complexity index is 1260. The van der Waals surface area contributed by atoms with Crippen LogP contribution in [0.15, 0.2) is 65.8 Å². The summed E-state index contributed by atoms with van der Waals surface area (Å²) in [5.41, 5.74) is 5.70. The standard InChI is InChI=1S/C25H18N4O/c26-15-17-4-1-5-18(12-17)19-8-9-24-20(13-19)23(29-16-27)14-25(30-24)10-2-7-22-21(25)6-3-11-28-22/h1,3-6,8-9,11-13H,2,7,10,14H2. The van der Waals surface area contributed by atoms with E-state index < -0.39 is 5.60 Å². The second kappa shape index (κ2) is 7.13. The molecule has 5 rings (SSSR count). The van der Waals surface area contributed by atoms with Crippen LogP contribution in [-0.4, -0.2) is 10.7 Å². The molecular formula is C25H18N4O. The molecule has 1 unspecified atom stereocenters. The molecule has 0 radical (unpaired) electrons. The molecule has 2 aromatic carbocycles. The largest absolute Gasteiger partial charge is 0.481 e. The Labute approximate surface area is 174 Å². The number of aliphatic imine (C=N–C) groups is 1. The van der Waals surface area contributed by atoms with Gasteiger partial charge >= 0.3 is 0 Å². The first-order valence-electron chi connectivity index (χ1n) is 9.96. The normalized spacial score (nSPS) is 20.5. The molecule has 0 bridgehead atoms. The van der Waals surface area contributed by atoms with Crippen LogP contribution in [-0.2, 0) is 12.0 Å². The zero-order chi connectivity index (χ0) is 20.6. The molecule has 2 heterocycles. The molecule has 30 heavy (non-hydrogen) atoms. The third kappa shape index (κ3) is 2.93. The lowest BCUT2D eigenvalue weighted by Gasteiger charge is -2.42. The summed E-state index contributed by atoms with van der Waals surface area (Å²) in [6.07, 6.45) is 7.12. The summed E-state index contributed by atoms with van der Waals surface area (Å²) >= 11 is 0. The van der Waals surface area contributed by atoms with Crippen molar-refractivity contribution < 1.29 is 4.74 Å². The van der Waals surface area contributed by atoms with E-state index >= 15 is 0 Å². The van der Waals surface area contributed by atoms with Crippen LogP contribution < -0.4 is 4.74 Å². The van der Waals surface area contributed by atoms with Crippen molar-refractivity contribution >= 4 is 5.71 Å². The van der Waals surface area contributed by atoms with E-state index in [1.165, 1.54) is 0 Å². The number of aryl methyl sites for hydroxylation is 1. The van der Waals surface area contributed by atoms with Crippen molar-refractivity contribution in [1.82, 2.24) is 4.98 Å². The van der Waals surface area contributed by atoms with E-state index in [1.807, 2.05) is 54.9 Å². The summed E-state index contributed by atoms with van der Waals surface area (Å²) in [5.74, 6) is 0.729. The smallest absolute Gasteiger partial charge is 0.205 e. The van der Waals surface area contributed by atoms with Gasteiger partial charge in [0.05, 0.1) is 17.3 Å². The number of nitriles is 2. The fraction of sp³-hybridized carbons (Fsp3) is 0.200. The molecule has 0 saturated heterocycles. The van der Waals surface area contributed by atoms with Crippen LogP contribution in [0.3, 0.4) is 0 Å². The summed E-state index contributed by atoms with van der Waals surface area (Å²) in [7, 11) is 0. The number of hydrogen-bond donors (Lipinski definition) is 0. The number of benzene rings is 2. The molecule has 0 N–H and O–H groups in total. The van der Waals surface area contributed by atoms with E-state index in [0.717, 1.165) is 58.7 Å². The van der Waals surface area contributed by atoms with Crippen molar-refractivity contribution in [3.05, 3.63) is 83.2 Å². The molecule has 1 aliphatic carbocycles. The lowest BCUT2D eigenvalue weighted by Crippen LogP contribution is -2.42. The Balaban J connectivity index is 1.63. The summed E-state index contributed by atoms with van der Waals surface area (Å²) in [6, 6.07) is 19.6. The lowest BCUT2D eigenvalue weighted by molar-refractivity contribution is 0.0483. The summed E-state index contributed by atoms with van der Waals surface area (Å²) < 4.78 is 6.62. The molecule has 1 aromatic heterocycles. The van der Waals surface area contributed by atoms with E-state index in [-0.39, 0.29) is 0 Å². The fourth-order valence-electron chi connectivity index (χ4n) is 4.58. The molecule has 0 fully saturated rings. The number of nitrogens with zero attached hydrogens (tertiary/aromatic N) is 4. The van der Waals surface area contributed by atoms with E-state index in [9.17, 15) is 10.5 Å². The van der Waals surface area contributed by atoms with Gasteiger partial charge in [-0.15, -0.1) is 0 Å². The SMILES string of the molecule is N#CN=C1CC2(CCCc3ncccc32)Oc2ccc(-c3cccc(C#N)c3)cc21. The minimum Gasteiger partial charge on any atom is -0.481 e. The van der Waals surface area contributed by atoms with Gasteiger partial charge in [0.2, 0.25) is 6.19 Å². The predicted molar refractivity (Wildman–Crippen MR) is 113 cm³/mol. The molecule has 0 saturated carbocycles. The third-order valence-corrected chi connectivity index (χ3v) is 5.93. The highest BCUT2D eigenvalue weighted by atomic mass is 16.5. The predicted octanol–water partition coefficient (Wildman–Crippen LogP) is 4.90. The van der Waals surface area contributed by atoms with Crippen LogP contribution in [0.4, 0.5) is 0 Å². The highest BCUT2D eigenvalue weighted by Gasteiger charge is 2.44. The van der Waals surface area contributed by atoms with Gasteiger partial charge in [-0.1, -0.05) is 24.3 Å². The van der Waals surface area contributed by atoms with Gasteiger partial charge in [0.25, 0.3) is 0 Å². The van der Waals surface area contributed by atoms with E-state index in [0.29, 0.717) is 12.0 Å². The molecule has 5 nitrogen and oxygen atoms in total. The Hall–Kier alpha value is -3.96. The zero-order valence-corrected chi connectivity index (χ0v) is 16.3. The second-order valence-corrected chi connectivity index (χ2v) is 7.69. The number of fused-ring (bicyclic) bond motifs is 3. The maximum atomic E-state index is 9.35. The van der Waals surface area contributed by atoms with Crippen LogP contribution in [0, 0.1) is 22.8 Å². The molecule has 144 valence electrons. The number of hydrogen-bond acceptors (Lipinski definition) is 5. The van der Waals surface area contributed by atoms with Crippen molar-refractivity contribution in [2.24, 2.45) is 4.99 Å². The van der Waals surface area contributed by atoms with E-state index in [2.05, 4.69) is 22.1 Å². The van der Waals surface area contributed by atoms with Gasteiger partial charge in [-0.25, -0.2) is 0 Å². The number of rotatable bonds is 1. The molecule has 3 aromatic rings. The van der Waals surface area contributed by atoms with Gasteiger partial charge in [-0.2, -0.15) is 15.5 Å². The Kier molecular flexibility index (Phi) is 4.30. The van der Waals surface area contributed by atoms with Crippen molar-refractivity contribution in [2.45, 2.75) is 31.3 Å². The van der Waals surface area contributed by atoms with Crippen molar-refractivity contribution in [1.29, 1.82) is 10.5 Å². The fourth-order valence-corrected chi connectivity index (χ4v) is 4.58. The zero-order valence-electron chi connectivity index (χ0n) is 16.3. The van der Waals surface area contributed by atoms with Gasteiger partial charge in [-0.3, -0.25) is 4.98 Å². The average Bonchev–Trinajstić information content (AvgIpc) is 2.79. The molecule has 5 heteroatoms. The van der Waals surface area contributed by atoms with Crippen LogP contribution in [0.25, 0.3) is 11.1 Å². The van der Waals surface area contributed by atoms with Gasteiger partial charge in [0.15, 0.2) is 0 Å². The Morgan fingerprint density at radius 3 is 2.80 bits per heavy atom. The highest BCUT2D eigenvalue weighted by Crippen LogP contribution is 2.47. The second-order valence-electron chi connectivity index (χ2n) is 7.69. The average molecular weight is 390 g/mol. The summed E-state index contributed by atoms with van der Waals surface area (Å²) in [6.45, 7) is 0. The molecule has 1 aliphatic heterocycles. The van der Waals surface area contributed by atoms with Crippen molar-refractivity contribution in [2.75, 3.05) is 0 Å². The van der Waals surface area contributed by atoms with Crippen LogP contribution in [0.1, 0.15) is 41.6 Å². The monoisotopic (exact) mass is 390 g/mol. The van der Waals surface area contributed by atoms with Crippen LogP contribution in [0.5, 0.6) is 5.75 Å². The Morgan fingerprint density at radius 1 is 1.03 bits per heavy atom. The molecule has 1 spiro atoms. The maximum absolute atomic E-state index is 9.35. The first-order valence-corrected chi connectivity index (χ1v) is 9.96. The third-order valence-electron chi connectivity index (χ3n) is 5.93. The Morgan fingerprint density at radius 2 is 1.93 bits per heavy atom. The number of aromatic nitrogens is 1.